The summed E-state index contributed by atoms with van der Waals surface area (Å²) in [6, 6.07) is 11.1. The largest absolute Gasteiger partial charge is 0.334 e. The van der Waals surface area contributed by atoms with Crippen LogP contribution in [0.15, 0.2) is 36.4 Å². The summed E-state index contributed by atoms with van der Waals surface area (Å²) >= 11 is 7.45. The van der Waals surface area contributed by atoms with E-state index in [1.165, 1.54) is 11.3 Å². The van der Waals surface area contributed by atoms with Crippen LogP contribution in [-0.4, -0.2) is 29.8 Å². The number of thiophene rings is 1. The Hall–Kier alpha value is -1.85. The van der Waals surface area contributed by atoms with Gasteiger partial charge >= 0.3 is 0 Å². The second kappa shape index (κ2) is 7.36. The van der Waals surface area contributed by atoms with E-state index >= 15 is 0 Å². The first kappa shape index (κ1) is 17.0. The van der Waals surface area contributed by atoms with Crippen molar-refractivity contribution in [3.63, 3.8) is 0 Å². The Morgan fingerprint density at radius 2 is 2.17 bits per heavy atom. The first-order chi connectivity index (χ1) is 11.6. The summed E-state index contributed by atoms with van der Waals surface area (Å²) in [5.41, 5.74) is 1.41. The van der Waals surface area contributed by atoms with E-state index in [1.807, 2.05) is 37.3 Å². The van der Waals surface area contributed by atoms with E-state index in [2.05, 4.69) is 0 Å². The molecule has 1 saturated heterocycles. The number of benzene rings is 1. The van der Waals surface area contributed by atoms with Gasteiger partial charge in [0.25, 0.3) is 5.91 Å². The van der Waals surface area contributed by atoms with E-state index < -0.39 is 0 Å². The molecule has 126 valence electrons. The molecule has 2 aromatic rings. The van der Waals surface area contributed by atoms with Crippen LogP contribution in [-0.2, 0) is 11.3 Å². The van der Waals surface area contributed by atoms with Crippen LogP contribution in [0.4, 0.5) is 5.69 Å². The number of hydrogen-bond acceptors (Lipinski definition) is 3. The second-order valence-electron chi connectivity index (χ2n) is 5.72. The van der Waals surface area contributed by atoms with E-state index in [1.54, 1.807) is 15.9 Å². The minimum atomic E-state index is -0.0319. The van der Waals surface area contributed by atoms with Crippen molar-refractivity contribution in [1.82, 2.24) is 4.90 Å². The van der Waals surface area contributed by atoms with Crippen molar-refractivity contribution < 1.29 is 9.59 Å². The monoisotopic (exact) mass is 362 g/mol. The molecule has 0 unspecified atom stereocenters. The van der Waals surface area contributed by atoms with Gasteiger partial charge in [-0.3, -0.25) is 9.59 Å². The number of carbonyl (C=O) groups is 2. The zero-order valence-corrected chi connectivity index (χ0v) is 15.1. The number of carbonyl (C=O) groups excluding carboxylic acids is 2. The molecule has 0 aliphatic carbocycles. The summed E-state index contributed by atoms with van der Waals surface area (Å²) in [6.07, 6.45) is 1.45. The molecule has 3 rings (SSSR count). The second-order valence-corrected chi connectivity index (χ2v) is 7.52. The van der Waals surface area contributed by atoms with Gasteiger partial charge in [-0.1, -0.05) is 17.7 Å². The average Bonchev–Trinajstić information content (AvgIpc) is 3.20. The molecule has 1 aromatic heterocycles. The van der Waals surface area contributed by atoms with Crippen LogP contribution < -0.4 is 4.90 Å². The maximum absolute atomic E-state index is 12.8. The zero-order chi connectivity index (χ0) is 17.1. The minimum absolute atomic E-state index is 0.0319. The maximum Gasteiger partial charge on any atom is 0.254 e. The number of amides is 2. The number of anilines is 1. The lowest BCUT2D eigenvalue weighted by atomic mass is 10.1. The van der Waals surface area contributed by atoms with Crippen LogP contribution in [0.2, 0.25) is 4.34 Å². The van der Waals surface area contributed by atoms with Crippen molar-refractivity contribution in [2.45, 2.75) is 26.3 Å². The predicted octanol–water partition coefficient (Wildman–Crippen LogP) is 4.19. The lowest BCUT2D eigenvalue weighted by molar-refractivity contribution is -0.117. The molecule has 0 bridgehead atoms. The van der Waals surface area contributed by atoms with Gasteiger partial charge in [-0.15, -0.1) is 11.3 Å². The third kappa shape index (κ3) is 3.62. The number of halogens is 1. The van der Waals surface area contributed by atoms with Crippen molar-refractivity contribution >= 4 is 40.4 Å². The summed E-state index contributed by atoms with van der Waals surface area (Å²) in [7, 11) is 0. The molecule has 24 heavy (non-hydrogen) atoms. The van der Waals surface area contributed by atoms with Crippen LogP contribution in [0.1, 0.15) is 35.0 Å². The lowest BCUT2D eigenvalue weighted by Crippen LogP contribution is -2.30. The fourth-order valence-corrected chi connectivity index (χ4v) is 3.97. The quantitative estimate of drug-likeness (QED) is 0.800. The standard InChI is InChI=1S/C18H19ClN2O2S/c1-2-20(12-15-8-9-16(19)24-15)18(23)13-5-3-6-14(11-13)21-10-4-7-17(21)22/h3,5-6,8-9,11H,2,4,7,10,12H2,1H3. The van der Waals surface area contributed by atoms with Gasteiger partial charge in [-0.05, 0) is 43.7 Å². The summed E-state index contributed by atoms with van der Waals surface area (Å²) in [5.74, 6) is 0.0932. The molecule has 0 saturated carbocycles. The molecule has 1 aliphatic heterocycles. The Morgan fingerprint density at radius 1 is 1.33 bits per heavy atom. The SMILES string of the molecule is CCN(Cc1ccc(Cl)s1)C(=O)c1cccc(N2CCCC2=O)c1. The first-order valence-corrected chi connectivity index (χ1v) is 9.22. The molecule has 0 spiro atoms. The topological polar surface area (TPSA) is 40.6 Å². The average molecular weight is 363 g/mol. The highest BCUT2D eigenvalue weighted by atomic mass is 35.5. The molecule has 1 aromatic carbocycles. The molecule has 1 fully saturated rings. The predicted molar refractivity (Wildman–Crippen MR) is 97.8 cm³/mol. The summed E-state index contributed by atoms with van der Waals surface area (Å²) in [5, 5.41) is 0. The summed E-state index contributed by atoms with van der Waals surface area (Å²) < 4.78 is 0.725. The van der Waals surface area contributed by atoms with Crippen LogP contribution in [0.25, 0.3) is 0 Å². The van der Waals surface area contributed by atoms with E-state index in [9.17, 15) is 9.59 Å². The molecule has 1 aliphatic rings. The molecule has 0 atom stereocenters. The highest BCUT2D eigenvalue weighted by Gasteiger charge is 2.23. The maximum atomic E-state index is 12.8. The molecule has 0 radical (unpaired) electrons. The van der Waals surface area contributed by atoms with Gasteiger partial charge in [0.2, 0.25) is 5.91 Å². The Kier molecular flexibility index (Phi) is 5.21. The lowest BCUT2D eigenvalue weighted by Gasteiger charge is -2.22. The van der Waals surface area contributed by atoms with E-state index in [4.69, 9.17) is 11.6 Å². The summed E-state index contributed by atoms with van der Waals surface area (Å²) in [4.78, 5) is 29.3. The van der Waals surface area contributed by atoms with Crippen molar-refractivity contribution in [3.8, 4) is 0 Å². The Labute approximate surface area is 150 Å². The molecular weight excluding hydrogens is 344 g/mol. The Balaban J connectivity index is 1.79. The zero-order valence-electron chi connectivity index (χ0n) is 13.5. The smallest absolute Gasteiger partial charge is 0.254 e. The molecule has 2 amide bonds. The van der Waals surface area contributed by atoms with E-state index in [-0.39, 0.29) is 11.8 Å². The van der Waals surface area contributed by atoms with Crippen LogP contribution >= 0.6 is 22.9 Å². The van der Waals surface area contributed by atoms with Gasteiger partial charge in [0.05, 0.1) is 10.9 Å². The van der Waals surface area contributed by atoms with E-state index in [0.29, 0.717) is 25.1 Å². The number of rotatable bonds is 5. The normalized spacial score (nSPS) is 14.2. The molecule has 6 heteroatoms. The van der Waals surface area contributed by atoms with Gasteiger partial charge in [0.1, 0.15) is 0 Å². The van der Waals surface area contributed by atoms with Gasteiger partial charge in [0, 0.05) is 35.6 Å². The van der Waals surface area contributed by atoms with Crippen molar-refractivity contribution in [2.24, 2.45) is 0 Å². The number of hydrogen-bond donors (Lipinski definition) is 0. The van der Waals surface area contributed by atoms with Crippen molar-refractivity contribution in [3.05, 3.63) is 51.2 Å². The third-order valence-corrected chi connectivity index (χ3v) is 5.34. The van der Waals surface area contributed by atoms with Gasteiger partial charge in [0.15, 0.2) is 0 Å². The van der Waals surface area contributed by atoms with Crippen molar-refractivity contribution in [1.29, 1.82) is 0 Å². The van der Waals surface area contributed by atoms with Gasteiger partial charge < -0.3 is 9.80 Å². The molecular formula is C18H19ClN2O2S. The van der Waals surface area contributed by atoms with Gasteiger partial charge in [-0.2, -0.15) is 0 Å². The Morgan fingerprint density at radius 3 is 2.79 bits per heavy atom. The van der Waals surface area contributed by atoms with Crippen molar-refractivity contribution in [2.75, 3.05) is 18.0 Å². The van der Waals surface area contributed by atoms with Gasteiger partial charge in [-0.25, -0.2) is 0 Å². The third-order valence-electron chi connectivity index (χ3n) is 4.12. The van der Waals surface area contributed by atoms with Crippen LogP contribution in [0.5, 0.6) is 0 Å². The molecule has 0 N–H and O–H groups in total. The van der Waals surface area contributed by atoms with Crippen LogP contribution in [0, 0.1) is 0 Å². The molecule has 2 heterocycles. The minimum Gasteiger partial charge on any atom is -0.334 e. The number of nitrogens with zero attached hydrogens (tertiary/aromatic N) is 2. The van der Waals surface area contributed by atoms with Crippen LogP contribution in [0.3, 0.4) is 0 Å². The highest BCUT2D eigenvalue weighted by Crippen LogP contribution is 2.25. The fourth-order valence-electron chi connectivity index (χ4n) is 2.86. The fraction of sp³-hybridized carbons (Fsp3) is 0.333. The first-order valence-electron chi connectivity index (χ1n) is 8.02. The highest BCUT2D eigenvalue weighted by molar-refractivity contribution is 7.16. The summed E-state index contributed by atoms with van der Waals surface area (Å²) in [6.45, 7) is 3.84. The Bertz CT molecular complexity index is 759. The van der Waals surface area contributed by atoms with E-state index in [0.717, 1.165) is 27.9 Å². The molecule has 4 nitrogen and oxygen atoms in total.